The zero-order valence-electron chi connectivity index (χ0n) is 15.3. The van der Waals surface area contributed by atoms with Crippen molar-refractivity contribution in [1.29, 1.82) is 0 Å². The summed E-state index contributed by atoms with van der Waals surface area (Å²) in [4.78, 5) is 11.3. The van der Waals surface area contributed by atoms with E-state index >= 15 is 0 Å². The standard InChI is InChI=1S/C20H29N5/c1-3-11-21-19-16(2)20(23-15-22-19)24-18-9-12-25(13-10-18)14-17-7-5-4-6-8-17/h4-8,15,18H,3,9-14H2,1-2H3,(H2,21,22,23,24). The molecule has 0 unspecified atom stereocenters. The smallest absolute Gasteiger partial charge is 0.134 e. The molecule has 0 amide bonds. The van der Waals surface area contributed by atoms with Crippen LogP contribution in [0.4, 0.5) is 11.6 Å². The predicted molar refractivity (Wildman–Crippen MR) is 104 cm³/mol. The molecule has 2 aromatic rings. The fraction of sp³-hybridized carbons (Fsp3) is 0.500. The molecule has 0 bridgehead atoms. The van der Waals surface area contributed by atoms with Gasteiger partial charge in [-0.2, -0.15) is 0 Å². The maximum atomic E-state index is 4.45. The topological polar surface area (TPSA) is 53.1 Å². The lowest BCUT2D eigenvalue weighted by atomic mass is 10.0. The molecule has 25 heavy (non-hydrogen) atoms. The molecule has 5 nitrogen and oxygen atoms in total. The first-order valence-electron chi connectivity index (χ1n) is 9.34. The number of benzene rings is 1. The van der Waals surface area contributed by atoms with Crippen LogP contribution in [0, 0.1) is 6.92 Å². The van der Waals surface area contributed by atoms with Gasteiger partial charge in [-0.25, -0.2) is 9.97 Å². The van der Waals surface area contributed by atoms with Crippen molar-refractivity contribution in [3.05, 3.63) is 47.8 Å². The first kappa shape index (κ1) is 17.7. The molecule has 0 aliphatic carbocycles. The van der Waals surface area contributed by atoms with Crippen LogP contribution in [0.1, 0.15) is 37.3 Å². The predicted octanol–water partition coefficient (Wildman–Crippen LogP) is 3.68. The minimum atomic E-state index is 0.486. The zero-order valence-corrected chi connectivity index (χ0v) is 15.3. The van der Waals surface area contributed by atoms with Crippen LogP contribution >= 0.6 is 0 Å². The van der Waals surface area contributed by atoms with Crippen molar-refractivity contribution in [3.63, 3.8) is 0 Å². The number of aromatic nitrogens is 2. The Morgan fingerprint density at radius 3 is 2.52 bits per heavy atom. The summed E-state index contributed by atoms with van der Waals surface area (Å²) >= 11 is 0. The van der Waals surface area contributed by atoms with Gasteiger partial charge in [-0.15, -0.1) is 0 Å². The molecule has 1 aliphatic rings. The van der Waals surface area contributed by atoms with E-state index in [1.54, 1.807) is 6.33 Å². The zero-order chi connectivity index (χ0) is 17.5. The quantitative estimate of drug-likeness (QED) is 0.806. The highest BCUT2D eigenvalue weighted by Crippen LogP contribution is 2.22. The molecular formula is C20H29N5. The lowest BCUT2D eigenvalue weighted by Gasteiger charge is -2.33. The van der Waals surface area contributed by atoms with Crippen molar-refractivity contribution < 1.29 is 0 Å². The van der Waals surface area contributed by atoms with Crippen LogP contribution in [0.2, 0.25) is 0 Å². The lowest BCUT2D eigenvalue weighted by Crippen LogP contribution is -2.39. The molecule has 0 atom stereocenters. The Morgan fingerprint density at radius 2 is 1.80 bits per heavy atom. The molecule has 1 fully saturated rings. The van der Waals surface area contributed by atoms with Gasteiger partial charge in [-0.3, -0.25) is 4.90 Å². The molecule has 5 heteroatoms. The third kappa shape index (κ3) is 4.92. The number of nitrogens with zero attached hydrogens (tertiary/aromatic N) is 3. The molecule has 0 saturated carbocycles. The van der Waals surface area contributed by atoms with Gasteiger partial charge in [0.2, 0.25) is 0 Å². The molecule has 1 aromatic carbocycles. The van der Waals surface area contributed by atoms with Gasteiger partial charge in [-0.05, 0) is 31.7 Å². The summed E-state index contributed by atoms with van der Waals surface area (Å²) in [5.74, 6) is 1.91. The van der Waals surface area contributed by atoms with E-state index in [0.29, 0.717) is 6.04 Å². The number of hydrogen-bond donors (Lipinski definition) is 2. The fourth-order valence-corrected chi connectivity index (χ4v) is 3.29. The van der Waals surface area contributed by atoms with Crippen LogP contribution in [0.5, 0.6) is 0 Å². The van der Waals surface area contributed by atoms with E-state index in [-0.39, 0.29) is 0 Å². The Kier molecular flexibility index (Phi) is 6.23. The third-order valence-electron chi connectivity index (χ3n) is 4.80. The van der Waals surface area contributed by atoms with Gasteiger partial charge in [0.05, 0.1) is 0 Å². The number of rotatable bonds is 7. The van der Waals surface area contributed by atoms with Crippen molar-refractivity contribution in [2.75, 3.05) is 30.3 Å². The van der Waals surface area contributed by atoms with E-state index < -0.39 is 0 Å². The van der Waals surface area contributed by atoms with Gasteiger partial charge in [0, 0.05) is 37.8 Å². The second kappa shape index (κ2) is 8.81. The van der Waals surface area contributed by atoms with Crippen LogP contribution in [-0.4, -0.2) is 40.5 Å². The number of piperidine rings is 1. The van der Waals surface area contributed by atoms with Gasteiger partial charge in [0.1, 0.15) is 18.0 Å². The summed E-state index contributed by atoms with van der Waals surface area (Å²) in [5, 5.41) is 7.01. The SMILES string of the molecule is CCCNc1ncnc(NC2CCN(Cc3ccccc3)CC2)c1C. The molecule has 3 rings (SSSR count). The van der Waals surface area contributed by atoms with Gasteiger partial charge in [0.15, 0.2) is 0 Å². The first-order valence-corrected chi connectivity index (χ1v) is 9.34. The largest absolute Gasteiger partial charge is 0.370 e. The summed E-state index contributed by atoms with van der Waals surface area (Å²) in [6.07, 6.45) is 5.03. The Balaban J connectivity index is 1.52. The van der Waals surface area contributed by atoms with Crippen LogP contribution in [-0.2, 0) is 6.54 Å². The summed E-state index contributed by atoms with van der Waals surface area (Å²) in [6, 6.07) is 11.2. The molecule has 0 spiro atoms. The van der Waals surface area contributed by atoms with Crippen molar-refractivity contribution in [2.24, 2.45) is 0 Å². The number of nitrogens with one attached hydrogen (secondary N) is 2. The van der Waals surface area contributed by atoms with Crippen LogP contribution in [0.3, 0.4) is 0 Å². The maximum absolute atomic E-state index is 4.45. The van der Waals surface area contributed by atoms with Crippen LogP contribution in [0.25, 0.3) is 0 Å². The highest BCUT2D eigenvalue weighted by molar-refractivity contribution is 5.56. The first-order chi connectivity index (χ1) is 12.3. The number of likely N-dealkylation sites (tertiary alicyclic amines) is 1. The Morgan fingerprint density at radius 1 is 1.08 bits per heavy atom. The fourth-order valence-electron chi connectivity index (χ4n) is 3.29. The van der Waals surface area contributed by atoms with Crippen molar-refractivity contribution in [3.8, 4) is 0 Å². The second-order valence-electron chi connectivity index (χ2n) is 6.80. The van der Waals surface area contributed by atoms with Crippen molar-refractivity contribution in [1.82, 2.24) is 14.9 Å². The monoisotopic (exact) mass is 339 g/mol. The summed E-state index contributed by atoms with van der Waals surface area (Å²) in [6.45, 7) is 8.48. The highest BCUT2D eigenvalue weighted by Gasteiger charge is 2.20. The molecule has 1 aromatic heterocycles. The van der Waals surface area contributed by atoms with Crippen molar-refractivity contribution >= 4 is 11.6 Å². The van der Waals surface area contributed by atoms with E-state index in [9.17, 15) is 0 Å². The third-order valence-corrected chi connectivity index (χ3v) is 4.80. The average Bonchev–Trinajstić information content (AvgIpc) is 2.65. The minimum Gasteiger partial charge on any atom is -0.370 e. The van der Waals surface area contributed by atoms with E-state index in [1.165, 1.54) is 5.56 Å². The molecule has 2 heterocycles. The van der Waals surface area contributed by atoms with Gasteiger partial charge < -0.3 is 10.6 Å². The van der Waals surface area contributed by atoms with Gasteiger partial charge in [-0.1, -0.05) is 37.3 Å². The molecule has 0 radical (unpaired) electrons. The Bertz CT molecular complexity index is 650. The molecule has 1 saturated heterocycles. The number of hydrogen-bond acceptors (Lipinski definition) is 5. The van der Waals surface area contributed by atoms with Crippen LogP contribution in [0.15, 0.2) is 36.7 Å². The maximum Gasteiger partial charge on any atom is 0.134 e. The van der Waals surface area contributed by atoms with E-state index in [0.717, 1.165) is 62.6 Å². The number of anilines is 2. The lowest BCUT2D eigenvalue weighted by molar-refractivity contribution is 0.211. The molecular weight excluding hydrogens is 310 g/mol. The molecule has 2 N–H and O–H groups in total. The molecule has 134 valence electrons. The van der Waals surface area contributed by atoms with E-state index in [1.807, 2.05) is 0 Å². The Hall–Kier alpha value is -2.14. The second-order valence-corrected chi connectivity index (χ2v) is 6.80. The highest BCUT2D eigenvalue weighted by atomic mass is 15.2. The average molecular weight is 339 g/mol. The van der Waals surface area contributed by atoms with Gasteiger partial charge >= 0.3 is 0 Å². The van der Waals surface area contributed by atoms with Crippen LogP contribution < -0.4 is 10.6 Å². The van der Waals surface area contributed by atoms with Gasteiger partial charge in [0.25, 0.3) is 0 Å². The summed E-state index contributed by atoms with van der Waals surface area (Å²) in [5.41, 5.74) is 2.51. The van der Waals surface area contributed by atoms with Crippen molar-refractivity contribution in [2.45, 2.75) is 45.7 Å². The summed E-state index contributed by atoms with van der Waals surface area (Å²) < 4.78 is 0. The summed E-state index contributed by atoms with van der Waals surface area (Å²) in [7, 11) is 0. The van der Waals surface area contributed by atoms with E-state index in [4.69, 9.17) is 0 Å². The normalized spacial score (nSPS) is 15.9. The Labute approximate surface area is 150 Å². The molecule has 1 aliphatic heterocycles. The van der Waals surface area contributed by atoms with E-state index in [2.05, 4.69) is 69.7 Å². The minimum absolute atomic E-state index is 0.486.